The zero-order chi connectivity index (χ0) is 12.8. The molecule has 1 amide bonds. The van der Waals surface area contributed by atoms with Crippen molar-refractivity contribution in [3.8, 4) is 0 Å². The Hall–Kier alpha value is -0.660. The van der Waals surface area contributed by atoms with Gasteiger partial charge in [0.2, 0.25) is 0 Å². The number of rotatable bonds is 3. The zero-order valence-electron chi connectivity index (χ0n) is 8.80. The summed E-state index contributed by atoms with van der Waals surface area (Å²) in [5, 5.41) is 6.00. The molecule has 0 aliphatic carbocycles. The van der Waals surface area contributed by atoms with Gasteiger partial charge in [0.15, 0.2) is 5.11 Å². The molecule has 1 aromatic rings. The van der Waals surface area contributed by atoms with Crippen LogP contribution < -0.4 is 10.6 Å². The molecular formula is C11H10ClIN2OS. The molecule has 3 nitrogen and oxygen atoms in total. The Balaban J connectivity index is 2.72. The van der Waals surface area contributed by atoms with Crippen molar-refractivity contribution in [3.05, 3.63) is 45.0 Å². The second-order valence-electron chi connectivity index (χ2n) is 3.08. The summed E-state index contributed by atoms with van der Waals surface area (Å²) in [7, 11) is 0. The Labute approximate surface area is 124 Å². The van der Waals surface area contributed by atoms with Crippen LogP contribution in [0.5, 0.6) is 0 Å². The molecule has 0 bridgehead atoms. The summed E-state index contributed by atoms with van der Waals surface area (Å²) >= 11 is 13.0. The quantitative estimate of drug-likeness (QED) is 0.481. The van der Waals surface area contributed by atoms with Gasteiger partial charge in [0.1, 0.15) is 0 Å². The molecule has 0 radical (unpaired) electrons. The number of amides is 1. The van der Waals surface area contributed by atoms with Crippen molar-refractivity contribution in [3.63, 3.8) is 0 Å². The molecule has 1 aromatic carbocycles. The van der Waals surface area contributed by atoms with Crippen LogP contribution in [0.2, 0.25) is 5.02 Å². The van der Waals surface area contributed by atoms with Gasteiger partial charge in [-0.25, -0.2) is 0 Å². The number of nitrogens with one attached hydrogen (secondary N) is 2. The van der Waals surface area contributed by atoms with Crippen LogP contribution in [0, 0.1) is 3.57 Å². The van der Waals surface area contributed by atoms with Gasteiger partial charge in [0.05, 0.1) is 10.6 Å². The van der Waals surface area contributed by atoms with E-state index in [2.05, 4.69) is 39.8 Å². The number of carbonyl (C=O) groups is 1. The molecule has 6 heteroatoms. The van der Waals surface area contributed by atoms with Crippen LogP contribution in [0.4, 0.5) is 0 Å². The molecule has 0 saturated carbocycles. The van der Waals surface area contributed by atoms with Gasteiger partial charge >= 0.3 is 0 Å². The molecule has 0 fully saturated rings. The Morgan fingerprint density at radius 3 is 2.94 bits per heavy atom. The second-order valence-corrected chi connectivity index (χ2v) is 5.14. The van der Waals surface area contributed by atoms with Crippen molar-refractivity contribution in [2.24, 2.45) is 0 Å². The molecule has 0 heterocycles. The van der Waals surface area contributed by atoms with Crippen molar-refractivity contribution >= 4 is 57.4 Å². The maximum absolute atomic E-state index is 11.8. The summed E-state index contributed by atoms with van der Waals surface area (Å²) in [6.45, 7) is 4.04. The number of carbonyl (C=O) groups excluding carboxylic acids is 1. The summed E-state index contributed by atoms with van der Waals surface area (Å²) < 4.78 is 0.933. The third-order valence-electron chi connectivity index (χ3n) is 1.81. The van der Waals surface area contributed by atoms with E-state index in [1.807, 2.05) is 6.07 Å². The smallest absolute Gasteiger partial charge is 0.258 e. The van der Waals surface area contributed by atoms with Crippen LogP contribution in [-0.4, -0.2) is 17.6 Å². The predicted octanol–water partition coefficient (Wildman–Crippen LogP) is 2.73. The lowest BCUT2D eigenvalue weighted by molar-refractivity contribution is 0.0977. The molecule has 0 spiro atoms. The third kappa shape index (κ3) is 4.61. The molecule has 90 valence electrons. The van der Waals surface area contributed by atoms with Crippen molar-refractivity contribution < 1.29 is 4.79 Å². The topological polar surface area (TPSA) is 41.1 Å². The van der Waals surface area contributed by atoms with Crippen LogP contribution in [0.3, 0.4) is 0 Å². The third-order valence-corrected chi connectivity index (χ3v) is 3.05. The average molecular weight is 381 g/mol. The molecule has 17 heavy (non-hydrogen) atoms. The highest BCUT2D eigenvalue weighted by Crippen LogP contribution is 2.18. The Morgan fingerprint density at radius 2 is 2.29 bits per heavy atom. The number of halogens is 2. The van der Waals surface area contributed by atoms with Crippen LogP contribution in [0.1, 0.15) is 10.4 Å². The first-order chi connectivity index (χ1) is 8.04. The first-order valence-electron chi connectivity index (χ1n) is 4.69. The van der Waals surface area contributed by atoms with E-state index >= 15 is 0 Å². The van der Waals surface area contributed by atoms with Crippen LogP contribution >= 0.6 is 46.4 Å². The van der Waals surface area contributed by atoms with E-state index in [1.54, 1.807) is 18.2 Å². The van der Waals surface area contributed by atoms with E-state index in [0.717, 1.165) is 3.57 Å². The molecule has 0 aliphatic rings. The lowest BCUT2D eigenvalue weighted by atomic mass is 10.2. The van der Waals surface area contributed by atoms with Crippen LogP contribution in [0.15, 0.2) is 30.9 Å². The van der Waals surface area contributed by atoms with Gasteiger partial charge in [-0.1, -0.05) is 17.7 Å². The monoisotopic (exact) mass is 380 g/mol. The summed E-state index contributed by atoms with van der Waals surface area (Å²) in [6, 6.07) is 5.21. The van der Waals surface area contributed by atoms with Crippen molar-refractivity contribution in [1.29, 1.82) is 0 Å². The Bertz CT molecular complexity index is 465. The second kappa shape index (κ2) is 6.93. The first kappa shape index (κ1) is 14.4. The summed E-state index contributed by atoms with van der Waals surface area (Å²) in [5.41, 5.74) is 0.404. The summed E-state index contributed by atoms with van der Waals surface area (Å²) in [6.07, 6.45) is 1.65. The van der Waals surface area contributed by atoms with Gasteiger partial charge in [-0.3, -0.25) is 10.1 Å². The van der Waals surface area contributed by atoms with Gasteiger partial charge in [0.25, 0.3) is 5.91 Å². The van der Waals surface area contributed by atoms with E-state index in [-0.39, 0.29) is 11.0 Å². The minimum Gasteiger partial charge on any atom is -0.359 e. The fraction of sp³-hybridized carbons (Fsp3) is 0.0909. The molecule has 0 unspecified atom stereocenters. The molecule has 0 aromatic heterocycles. The lowest BCUT2D eigenvalue weighted by Gasteiger charge is -2.09. The highest BCUT2D eigenvalue weighted by Gasteiger charge is 2.11. The lowest BCUT2D eigenvalue weighted by Crippen LogP contribution is -2.39. The maximum atomic E-state index is 11.8. The molecule has 0 atom stereocenters. The standard InChI is InChI=1S/C11H10ClIN2OS/c1-2-5-14-11(17)15-10(16)8-6-7(13)3-4-9(8)12/h2-4,6H,1,5H2,(H2,14,15,16,17). The van der Waals surface area contributed by atoms with E-state index < -0.39 is 0 Å². The average Bonchev–Trinajstić information content (AvgIpc) is 2.29. The first-order valence-corrected chi connectivity index (χ1v) is 6.56. The Kier molecular flexibility index (Phi) is 5.87. The highest BCUT2D eigenvalue weighted by atomic mass is 127. The van der Waals surface area contributed by atoms with Gasteiger partial charge in [0, 0.05) is 10.1 Å². The van der Waals surface area contributed by atoms with E-state index in [1.165, 1.54) is 0 Å². The maximum Gasteiger partial charge on any atom is 0.258 e. The normalized spacial score (nSPS) is 9.53. The SMILES string of the molecule is C=CCNC(=S)NC(=O)c1cc(I)ccc1Cl. The van der Waals surface area contributed by atoms with Crippen LogP contribution in [-0.2, 0) is 0 Å². The molecule has 0 aliphatic heterocycles. The molecule has 0 saturated heterocycles. The number of thiocarbonyl (C=S) groups is 1. The molecule has 1 rings (SSSR count). The van der Waals surface area contributed by atoms with Crippen molar-refractivity contribution in [2.75, 3.05) is 6.54 Å². The minimum absolute atomic E-state index is 0.254. The number of hydrogen-bond donors (Lipinski definition) is 2. The van der Waals surface area contributed by atoms with E-state index in [9.17, 15) is 4.79 Å². The number of benzene rings is 1. The molecular weight excluding hydrogens is 371 g/mol. The Morgan fingerprint density at radius 1 is 1.59 bits per heavy atom. The predicted molar refractivity (Wildman–Crippen MR) is 82.4 cm³/mol. The van der Waals surface area contributed by atoms with Gasteiger partial charge in [-0.15, -0.1) is 6.58 Å². The fourth-order valence-corrected chi connectivity index (χ4v) is 1.92. The van der Waals surface area contributed by atoms with Gasteiger partial charge < -0.3 is 5.32 Å². The zero-order valence-corrected chi connectivity index (χ0v) is 12.5. The summed E-state index contributed by atoms with van der Waals surface area (Å²) in [5.74, 6) is -0.324. The van der Waals surface area contributed by atoms with Gasteiger partial charge in [-0.2, -0.15) is 0 Å². The largest absolute Gasteiger partial charge is 0.359 e. The minimum atomic E-state index is -0.324. The highest BCUT2D eigenvalue weighted by molar-refractivity contribution is 14.1. The number of hydrogen-bond acceptors (Lipinski definition) is 2. The van der Waals surface area contributed by atoms with Crippen molar-refractivity contribution in [1.82, 2.24) is 10.6 Å². The fourth-order valence-electron chi connectivity index (χ4n) is 1.05. The van der Waals surface area contributed by atoms with Gasteiger partial charge in [-0.05, 0) is 53.0 Å². The van der Waals surface area contributed by atoms with E-state index in [0.29, 0.717) is 17.1 Å². The van der Waals surface area contributed by atoms with Crippen molar-refractivity contribution in [2.45, 2.75) is 0 Å². The molecule has 2 N–H and O–H groups in total. The van der Waals surface area contributed by atoms with Crippen LogP contribution in [0.25, 0.3) is 0 Å². The summed E-state index contributed by atoms with van der Waals surface area (Å²) in [4.78, 5) is 11.8. The van der Waals surface area contributed by atoms with E-state index in [4.69, 9.17) is 23.8 Å².